The summed E-state index contributed by atoms with van der Waals surface area (Å²) in [4.78, 5) is 0. The fraction of sp³-hybridized carbons (Fsp3) is 0.700. The molecular weight excluding hydrogens is 288 g/mol. The van der Waals surface area contributed by atoms with Crippen LogP contribution < -0.4 is 0 Å². The zero-order valence-corrected chi connectivity index (χ0v) is 14.2. The molecule has 2 fully saturated rings. The molecule has 0 amide bonds. The van der Waals surface area contributed by atoms with Gasteiger partial charge in [-0.1, -0.05) is 6.92 Å². The zero-order chi connectivity index (χ0) is 16.2. The molecule has 5 atom stereocenters. The Morgan fingerprint density at radius 2 is 2.04 bits per heavy atom. The van der Waals surface area contributed by atoms with Crippen LogP contribution in [0.3, 0.4) is 0 Å². The van der Waals surface area contributed by atoms with E-state index in [2.05, 4.69) is 6.92 Å². The van der Waals surface area contributed by atoms with E-state index >= 15 is 0 Å². The Morgan fingerprint density at radius 3 is 2.83 bits per heavy atom. The molecule has 3 nitrogen and oxygen atoms in total. The molecule has 0 spiro atoms. The SMILES string of the molecule is COCc1cc(O)cc2c1[C@H]1CC[C@]3(C)C(O)CC[C@H]3[C@@H]1CC2. The summed E-state index contributed by atoms with van der Waals surface area (Å²) in [5.74, 6) is 2.27. The Bertz CT molecular complexity index is 611. The molecule has 126 valence electrons. The quantitative estimate of drug-likeness (QED) is 0.873. The largest absolute Gasteiger partial charge is 0.508 e. The lowest BCUT2D eigenvalue weighted by Gasteiger charge is -2.50. The van der Waals surface area contributed by atoms with Crippen LogP contribution >= 0.6 is 0 Å². The van der Waals surface area contributed by atoms with Gasteiger partial charge in [0, 0.05) is 7.11 Å². The summed E-state index contributed by atoms with van der Waals surface area (Å²) in [7, 11) is 1.72. The molecule has 23 heavy (non-hydrogen) atoms. The lowest BCUT2D eigenvalue weighted by molar-refractivity contribution is -0.0229. The van der Waals surface area contributed by atoms with Crippen molar-refractivity contribution in [2.45, 2.75) is 64.1 Å². The fourth-order valence-electron chi connectivity index (χ4n) is 6.06. The second-order valence-corrected chi connectivity index (χ2v) is 8.16. The highest BCUT2D eigenvalue weighted by Crippen LogP contribution is 2.61. The Kier molecular flexibility index (Phi) is 3.69. The molecule has 0 bridgehead atoms. The van der Waals surface area contributed by atoms with Gasteiger partial charge in [-0.05, 0) is 90.5 Å². The van der Waals surface area contributed by atoms with Crippen molar-refractivity contribution in [2.75, 3.05) is 7.11 Å². The number of hydrogen-bond donors (Lipinski definition) is 2. The minimum atomic E-state index is -0.117. The molecule has 0 saturated heterocycles. The van der Waals surface area contributed by atoms with E-state index in [1.165, 1.54) is 29.5 Å². The van der Waals surface area contributed by atoms with Gasteiger partial charge >= 0.3 is 0 Å². The molecule has 0 aliphatic heterocycles. The van der Waals surface area contributed by atoms with E-state index in [1.54, 1.807) is 7.11 Å². The van der Waals surface area contributed by atoms with Crippen molar-refractivity contribution < 1.29 is 14.9 Å². The summed E-state index contributed by atoms with van der Waals surface area (Å²) in [5.41, 5.74) is 4.06. The maximum Gasteiger partial charge on any atom is 0.116 e. The smallest absolute Gasteiger partial charge is 0.116 e. The monoisotopic (exact) mass is 316 g/mol. The van der Waals surface area contributed by atoms with Gasteiger partial charge in [-0.3, -0.25) is 0 Å². The summed E-state index contributed by atoms with van der Waals surface area (Å²) >= 11 is 0. The first-order chi connectivity index (χ1) is 11.0. The van der Waals surface area contributed by atoms with Crippen molar-refractivity contribution >= 4 is 0 Å². The standard InChI is InChI=1S/C20H28O3/c1-20-8-7-16-15(17(20)5-6-18(20)22)4-3-12-9-14(21)10-13(11-23-2)19(12)16/h9-10,15-18,21-22H,3-8,11H2,1-2H3/t15-,16+,17+,18?,20+/m1/s1. The van der Waals surface area contributed by atoms with E-state index in [4.69, 9.17) is 4.74 Å². The Hall–Kier alpha value is -1.06. The Balaban J connectivity index is 1.74. The van der Waals surface area contributed by atoms with Crippen LogP contribution in [0.15, 0.2) is 12.1 Å². The lowest BCUT2D eigenvalue weighted by Crippen LogP contribution is -2.44. The molecule has 3 aliphatic carbocycles. The number of aromatic hydroxyl groups is 1. The molecule has 3 heteroatoms. The van der Waals surface area contributed by atoms with Gasteiger partial charge in [-0.25, -0.2) is 0 Å². The van der Waals surface area contributed by atoms with E-state index in [0.29, 0.717) is 30.1 Å². The van der Waals surface area contributed by atoms with Gasteiger partial charge < -0.3 is 14.9 Å². The second kappa shape index (κ2) is 5.49. The minimum Gasteiger partial charge on any atom is -0.508 e. The lowest BCUT2D eigenvalue weighted by atomic mass is 9.55. The first-order valence-corrected chi connectivity index (χ1v) is 9.06. The molecule has 1 aromatic carbocycles. The first-order valence-electron chi connectivity index (χ1n) is 9.06. The van der Waals surface area contributed by atoms with Gasteiger partial charge in [0.2, 0.25) is 0 Å². The molecule has 4 rings (SSSR count). The van der Waals surface area contributed by atoms with Gasteiger partial charge in [-0.2, -0.15) is 0 Å². The van der Waals surface area contributed by atoms with E-state index < -0.39 is 0 Å². The van der Waals surface area contributed by atoms with Crippen LogP contribution in [0.25, 0.3) is 0 Å². The van der Waals surface area contributed by atoms with Crippen LogP contribution in [0, 0.1) is 17.3 Å². The molecule has 0 aromatic heterocycles. The van der Waals surface area contributed by atoms with Crippen LogP contribution in [-0.4, -0.2) is 23.4 Å². The number of aryl methyl sites for hydroxylation is 1. The number of methoxy groups -OCH3 is 1. The number of benzene rings is 1. The molecule has 3 aliphatic rings. The highest BCUT2D eigenvalue weighted by Gasteiger charge is 2.54. The summed E-state index contributed by atoms with van der Waals surface area (Å²) in [6.45, 7) is 2.89. The predicted octanol–water partition coefficient (Wildman–Crippen LogP) is 3.76. The summed E-state index contributed by atoms with van der Waals surface area (Å²) in [6.07, 6.45) is 6.54. The van der Waals surface area contributed by atoms with Crippen molar-refractivity contribution in [2.24, 2.45) is 17.3 Å². The molecule has 2 N–H and O–H groups in total. The van der Waals surface area contributed by atoms with Crippen molar-refractivity contribution in [3.8, 4) is 5.75 Å². The number of rotatable bonds is 2. The molecule has 2 saturated carbocycles. The number of aliphatic hydroxyl groups excluding tert-OH is 1. The molecule has 0 radical (unpaired) electrons. The van der Waals surface area contributed by atoms with Gasteiger partial charge in [0.15, 0.2) is 0 Å². The third-order valence-corrected chi connectivity index (χ3v) is 7.14. The van der Waals surface area contributed by atoms with Gasteiger partial charge in [0.1, 0.15) is 5.75 Å². The zero-order valence-electron chi connectivity index (χ0n) is 14.2. The third kappa shape index (κ3) is 2.24. The van der Waals surface area contributed by atoms with Gasteiger partial charge in [-0.15, -0.1) is 0 Å². The van der Waals surface area contributed by atoms with E-state index in [0.717, 1.165) is 25.7 Å². The first kappa shape index (κ1) is 15.5. The average Bonchev–Trinajstić information content (AvgIpc) is 2.82. The van der Waals surface area contributed by atoms with Gasteiger partial charge in [0.25, 0.3) is 0 Å². The van der Waals surface area contributed by atoms with Crippen LogP contribution in [0.1, 0.15) is 61.6 Å². The van der Waals surface area contributed by atoms with E-state index in [1.807, 2.05) is 12.1 Å². The second-order valence-electron chi connectivity index (χ2n) is 8.16. The predicted molar refractivity (Wildman–Crippen MR) is 89.4 cm³/mol. The summed E-state index contributed by atoms with van der Waals surface area (Å²) < 4.78 is 5.40. The summed E-state index contributed by atoms with van der Waals surface area (Å²) in [6, 6.07) is 3.85. The third-order valence-electron chi connectivity index (χ3n) is 7.14. The number of phenols is 1. The van der Waals surface area contributed by atoms with Crippen molar-refractivity contribution in [3.05, 3.63) is 28.8 Å². The maximum atomic E-state index is 10.5. The highest BCUT2D eigenvalue weighted by molar-refractivity contribution is 5.46. The van der Waals surface area contributed by atoms with Crippen LogP contribution in [0.4, 0.5) is 0 Å². The highest BCUT2D eigenvalue weighted by atomic mass is 16.5. The van der Waals surface area contributed by atoms with Crippen molar-refractivity contribution in [1.29, 1.82) is 0 Å². The summed E-state index contributed by atoms with van der Waals surface area (Å²) in [5, 5.41) is 20.5. The number of phenolic OH excluding ortho intramolecular Hbond substituents is 1. The van der Waals surface area contributed by atoms with Crippen molar-refractivity contribution in [1.82, 2.24) is 0 Å². The van der Waals surface area contributed by atoms with E-state index in [-0.39, 0.29) is 11.5 Å². The van der Waals surface area contributed by atoms with E-state index in [9.17, 15) is 10.2 Å². The molecule has 1 unspecified atom stereocenters. The minimum absolute atomic E-state index is 0.117. The van der Waals surface area contributed by atoms with Crippen LogP contribution in [0.5, 0.6) is 5.75 Å². The topological polar surface area (TPSA) is 49.7 Å². The Labute approximate surface area is 138 Å². The average molecular weight is 316 g/mol. The molecule has 1 aromatic rings. The van der Waals surface area contributed by atoms with Crippen LogP contribution in [0.2, 0.25) is 0 Å². The van der Waals surface area contributed by atoms with Crippen molar-refractivity contribution in [3.63, 3.8) is 0 Å². The number of ether oxygens (including phenoxy) is 1. The Morgan fingerprint density at radius 1 is 1.22 bits per heavy atom. The molecular formula is C20H28O3. The molecule has 0 heterocycles. The number of fused-ring (bicyclic) bond motifs is 5. The fourth-order valence-corrected chi connectivity index (χ4v) is 6.06. The number of aliphatic hydroxyl groups is 1. The van der Waals surface area contributed by atoms with Crippen LogP contribution in [-0.2, 0) is 17.8 Å². The maximum absolute atomic E-state index is 10.5. The number of hydrogen-bond acceptors (Lipinski definition) is 3. The van der Waals surface area contributed by atoms with Gasteiger partial charge in [0.05, 0.1) is 12.7 Å². The normalized spacial score (nSPS) is 38.7.